The summed E-state index contributed by atoms with van der Waals surface area (Å²) < 4.78 is 0. The third-order valence-electron chi connectivity index (χ3n) is 2.52. The zero-order chi connectivity index (χ0) is 8.55. The van der Waals surface area contributed by atoms with Crippen LogP contribution in [0.4, 0.5) is 0 Å². The first-order valence-corrected chi connectivity index (χ1v) is 4.74. The fourth-order valence-corrected chi connectivity index (χ4v) is 2.14. The van der Waals surface area contributed by atoms with Crippen molar-refractivity contribution in [3.8, 4) is 0 Å². The minimum absolute atomic E-state index is 0.335. The van der Waals surface area contributed by atoms with E-state index in [1.807, 2.05) is 0 Å². The Kier molecular flexibility index (Phi) is 2.05. The van der Waals surface area contributed by atoms with Gasteiger partial charge < -0.3 is 0 Å². The molecule has 0 heterocycles. The lowest BCUT2D eigenvalue weighted by Crippen LogP contribution is -2.12. The Labute approximate surface area is 77.1 Å². The van der Waals surface area contributed by atoms with Crippen molar-refractivity contribution in [3.63, 3.8) is 0 Å². The van der Waals surface area contributed by atoms with Crippen LogP contribution >= 0.6 is 11.6 Å². The summed E-state index contributed by atoms with van der Waals surface area (Å²) in [6, 6.07) is 0. The predicted octanol–water partition coefficient (Wildman–Crippen LogP) is 2.95. The molecular weight excluding hydrogens is 172 g/mol. The van der Waals surface area contributed by atoms with E-state index in [0.717, 1.165) is 29.9 Å². The molecule has 0 amide bonds. The van der Waals surface area contributed by atoms with Gasteiger partial charge in [-0.3, -0.25) is 4.79 Å². The normalized spacial score (nSPS) is 23.8. The van der Waals surface area contributed by atoms with Gasteiger partial charge in [0.05, 0.1) is 0 Å². The maximum Gasteiger partial charge on any atom is 0.137 e. The molecule has 64 valence electrons. The summed E-state index contributed by atoms with van der Waals surface area (Å²) in [6.45, 7) is 0. The summed E-state index contributed by atoms with van der Waals surface area (Å²) in [4.78, 5) is 11.1. The van der Waals surface area contributed by atoms with E-state index in [1.54, 1.807) is 0 Å². The first-order valence-electron chi connectivity index (χ1n) is 4.36. The van der Waals surface area contributed by atoms with Crippen LogP contribution in [-0.4, -0.2) is 5.78 Å². The Morgan fingerprint density at radius 3 is 2.92 bits per heavy atom. The van der Waals surface area contributed by atoms with Crippen molar-refractivity contribution in [1.29, 1.82) is 0 Å². The van der Waals surface area contributed by atoms with Crippen LogP contribution in [0.3, 0.4) is 0 Å². The molecule has 0 aliphatic heterocycles. The Bertz CT molecular complexity index is 283. The van der Waals surface area contributed by atoms with Gasteiger partial charge in [0, 0.05) is 17.9 Å². The SMILES string of the molecule is O=C1CCC2=CCCC(Cl)=C2C1. The van der Waals surface area contributed by atoms with Gasteiger partial charge in [-0.25, -0.2) is 0 Å². The molecule has 2 heteroatoms. The minimum atomic E-state index is 0.335. The number of ketones is 1. The summed E-state index contributed by atoms with van der Waals surface area (Å²) in [7, 11) is 0. The van der Waals surface area contributed by atoms with Crippen LogP contribution in [-0.2, 0) is 4.79 Å². The van der Waals surface area contributed by atoms with E-state index in [1.165, 1.54) is 5.57 Å². The molecule has 1 saturated carbocycles. The maximum absolute atomic E-state index is 11.1. The number of carbonyl (C=O) groups excluding carboxylic acids is 1. The molecule has 0 aromatic carbocycles. The van der Waals surface area contributed by atoms with Crippen molar-refractivity contribution < 1.29 is 4.79 Å². The van der Waals surface area contributed by atoms with Crippen molar-refractivity contribution in [2.45, 2.75) is 32.1 Å². The molecule has 2 rings (SSSR count). The van der Waals surface area contributed by atoms with Gasteiger partial charge >= 0.3 is 0 Å². The zero-order valence-electron chi connectivity index (χ0n) is 6.90. The molecule has 0 spiro atoms. The van der Waals surface area contributed by atoms with Gasteiger partial charge in [-0.05, 0) is 30.4 Å². The quantitative estimate of drug-likeness (QED) is 0.563. The van der Waals surface area contributed by atoms with E-state index >= 15 is 0 Å². The summed E-state index contributed by atoms with van der Waals surface area (Å²) >= 11 is 6.04. The number of Topliss-reactive ketones (excluding diaryl/α,β-unsaturated/α-hetero) is 1. The molecular formula is C10H11ClO. The highest BCUT2D eigenvalue weighted by Crippen LogP contribution is 2.36. The number of carbonyl (C=O) groups is 1. The maximum atomic E-state index is 11.1. The van der Waals surface area contributed by atoms with Gasteiger partial charge in [-0.15, -0.1) is 0 Å². The van der Waals surface area contributed by atoms with Gasteiger partial charge in [-0.1, -0.05) is 17.7 Å². The van der Waals surface area contributed by atoms with Crippen molar-refractivity contribution in [3.05, 3.63) is 22.3 Å². The summed E-state index contributed by atoms with van der Waals surface area (Å²) in [5, 5.41) is 0.917. The van der Waals surface area contributed by atoms with Crippen LogP contribution in [0.15, 0.2) is 22.3 Å². The highest BCUT2D eigenvalue weighted by atomic mass is 35.5. The second-order valence-corrected chi connectivity index (χ2v) is 3.82. The number of fused-ring (bicyclic) bond motifs is 1. The molecule has 0 aromatic heterocycles. The van der Waals surface area contributed by atoms with Gasteiger partial charge in [0.2, 0.25) is 0 Å². The van der Waals surface area contributed by atoms with Crippen LogP contribution in [0.2, 0.25) is 0 Å². The van der Waals surface area contributed by atoms with Crippen LogP contribution in [0, 0.1) is 0 Å². The summed E-state index contributed by atoms with van der Waals surface area (Å²) in [5.41, 5.74) is 2.45. The van der Waals surface area contributed by atoms with E-state index < -0.39 is 0 Å². The Morgan fingerprint density at radius 1 is 1.25 bits per heavy atom. The molecule has 1 nitrogen and oxygen atoms in total. The van der Waals surface area contributed by atoms with E-state index in [2.05, 4.69) is 6.08 Å². The molecule has 0 N–H and O–H groups in total. The lowest BCUT2D eigenvalue weighted by atomic mass is 9.84. The van der Waals surface area contributed by atoms with Crippen LogP contribution < -0.4 is 0 Å². The molecule has 0 aromatic rings. The molecule has 2 aliphatic carbocycles. The lowest BCUT2D eigenvalue weighted by molar-refractivity contribution is -0.118. The van der Waals surface area contributed by atoms with Crippen molar-refractivity contribution >= 4 is 17.4 Å². The Hall–Kier alpha value is -0.560. The second-order valence-electron chi connectivity index (χ2n) is 3.37. The highest BCUT2D eigenvalue weighted by molar-refractivity contribution is 6.30. The largest absolute Gasteiger partial charge is 0.299 e. The van der Waals surface area contributed by atoms with Gasteiger partial charge in [0.1, 0.15) is 5.78 Å². The van der Waals surface area contributed by atoms with E-state index in [9.17, 15) is 4.79 Å². The van der Waals surface area contributed by atoms with E-state index in [0.29, 0.717) is 18.6 Å². The molecule has 0 atom stereocenters. The predicted molar refractivity (Wildman–Crippen MR) is 49.1 cm³/mol. The number of hydrogen-bond donors (Lipinski definition) is 0. The van der Waals surface area contributed by atoms with Crippen LogP contribution in [0.1, 0.15) is 32.1 Å². The third kappa shape index (κ3) is 1.34. The highest BCUT2D eigenvalue weighted by Gasteiger charge is 2.22. The summed E-state index contributed by atoms with van der Waals surface area (Å²) in [6.07, 6.45) is 6.39. The Morgan fingerprint density at radius 2 is 2.08 bits per heavy atom. The van der Waals surface area contributed by atoms with Gasteiger partial charge in [0.15, 0.2) is 0 Å². The van der Waals surface area contributed by atoms with E-state index in [4.69, 9.17) is 11.6 Å². The molecule has 0 saturated heterocycles. The first kappa shape index (κ1) is 8.06. The van der Waals surface area contributed by atoms with Crippen molar-refractivity contribution in [2.24, 2.45) is 0 Å². The molecule has 0 unspecified atom stereocenters. The molecule has 2 aliphatic rings. The number of allylic oxidation sites excluding steroid dienone is 4. The third-order valence-corrected chi connectivity index (χ3v) is 2.93. The van der Waals surface area contributed by atoms with Crippen LogP contribution in [0.25, 0.3) is 0 Å². The van der Waals surface area contributed by atoms with Crippen LogP contribution in [0.5, 0.6) is 0 Å². The lowest BCUT2D eigenvalue weighted by Gasteiger charge is -2.22. The topological polar surface area (TPSA) is 17.1 Å². The van der Waals surface area contributed by atoms with Gasteiger partial charge in [-0.2, -0.15) is 0 Å². The Balaban J connectivity index is 2.32. The fraction of sp³-hybridized carbons (Fsp3) is 0.500. The molecule has 1 fully saturated rings. The second kappa shape index (κ2) is 3.06. The zero-order valence-corrected chi connectivity index (χ0v) is 7.66. The summed E-state index contributed by atoms with van der Waals surface area (Å²) in [5.74, 6) is 0.335. The van der Waals surface area contributed by atoms with E-state index in [-0.39, 0.29) is 0 Å². The minimum Gasteiger partial charge on any atom is -0.299 e. The average Bonchev–Trinajstić information content (AvgIpc) is 2.07. The number of halogens is 1. The smallest absolute Gasteiger partial charge is 0.137 e. The molecule has 0 radical (unpaired) electrons. The molecule has 0 bridgehead atoms. The number of hydrogen-bond acceptors (Lipinski definition) is 1. The average molecular weight is 183 g/mol. The van der Waals surface area contributed by atoms with Crippen molar-refractivity contribution in [1.82, 2.24) is 0 Å². The van der Waals surface area contributed by atoms with Gasteiger partial charge in [0.25, 0.3) is 0 Å². The fourth-order valence-electron chi connectivity index (χ4n) is 1.84. The standard InChI is InChI=1S/C10H11ClO/c11-10-3-1-2-7-4-5-8(12)6-9(7)10/h2H,1,3-6H2. The monoisotopic (exact) mass is 182 g/mol. The molecule has 12 heavy (non-hydrogen) atoms. The number of rotatable bonds is 0. The first-order chi connectivity index (χ1) is 5.77. The van der Waals surface area contributed by atoms with Crippen molar-refractivity contribution in [2.75, 3.05) is 0 Å².